The Hall–Kier alpha value is -1.63. The Bertz CT molecular complexity index is 512. The molecule has 7 heteroatoms. The topological polar surface area (TPSA) is 55.1 Å². The molecule has 19 heavy (non-hydrogen) atoms. The van der Waals surface area contributed by atoms with Crippen LogP contribution in [0.3, 0.4) is 0 Å². The minimum absolute atomic E-state index is 0.00109. The van der Waals surface area contributed by atoms with Crippen molar-refractivity contribution in [3.05, 3.63) is 29.3 Å². The number of carbonyl (C=O) groups is 1. The van der Waals surface area contributed by atoms with Crippen molar-refractivity contribution in [3.63, 3.8) is 0 Å². The van der Waals surface area contributed by atoms with Gasteiger partial charge < -0.3 is 11.1 Å². The van der Waals surface area contributed by atoms with Gasteiger partial charge in [-0.2, -0.15) is 13.2 Å². The van der Waals surface area contributed by atoms with Gasteiger partial charge in [-0.15, -0.1) is 0 Å². The fourth-order valence-corrected chi connectivity index (χ4v) is 1.48. The summed E-state index contributed by atoms with van der Waals surface area (Å²) >= 11 is 4.71. The lowest BCUT2D eigenvalue weighted by Gasteiger charge is -2.14. The van der Waals surface area contributed by atoms with Crippen LogP contribution in [0.4, 0.5) is 18.9 Å². The van der Waals surface area contributed by atoms with Crippen LogP contribution < -0.4 is 11.1 Å². The van der Waals surface area contributed by atoms with Crippen LogP contribution in [-0.4, -0.2) is 10.9 Å². The fraction of sp³-hybridized carbons (Fsp3) is 0.333. The van der Waals surface area contributed by atoms with Gasteiger partial charge in [-0.05, 0) is 18.2 Å². The van der Waals surface area contributed by atoms with E-state index in [1.54, 1.807) is 13.8 Å². The van der Waals surface area contributed by atoms with E-state index in [9.17, 15) is 18.0 Å². The van der Waals surface area contributed by atoms with Gasteiger partial charge in [0.15, 0.2) is 0 Å². The monoisotopic (exact) mass is 290 g/mol. The Morgan fingerprint density at radius 3 is 2.37 bits per heavy atom. The number of hydrogen-bond acceptors (Lipinski definition) is 2. The van der Waals surface area contributed by atoms with Crippen molar-refractivity contribution in [1.29, 1.82) is 0 Å². The normalized spacial score (nSPS) is 11.5. The number of thiocarbonyl (C=S) groups is 1. The predicted octanol–water partition coefficient (Wildman–Crippen LogP) is 2.93. The van der Waals surface area contributed by atoms with Gasteiger partial charge in [-0.1, -0.05) is 26.1 Å². The average molecular weight is 290 g/mol. The van der Waals surface area contributed by atoms with E-state index in [0.29, 0.717) is 0 Å². The molecule has 1 aromatic rings. The first-order chi connectivity index (χ1) is 8.62. The van der Waals surface area contributed by atoms with Crippen molar-refractivity contribution < 1.29 is 18.0 Å². The molecule has 104 valence electrons. The minimum atomic E-state index is -4.49. The maximum Gasteiger partial charge on any atom is 0.416 e. The molecule has 0 atom stereocenters. The fourth-order valence-electron chi connectivity index (χ4n) is 1.31. The number of anilines is 1. The maximum atomic E-state index is 12.6. The molecule has 0 aliphatic carbocycles. The second kappa shape index (κ2) is 5.56. The Kier molecular flexibility index (Phi) is 4.52. The summed E-state index contributed by atoms with van der Waals surface area (Å²) in [6.07, 6.45) is -4.49. The van der Waals surface area contributed by atoms with Crippen LogP contribution in [-0.2, 0) is 11.0 Å². The number of rotatable bonds is 3. The molecule has 1 amide bonds. The molecule has 0 spiro atoms. The number of carbonyl (C=O) groups excluding carboxylic acids is 1. The SMILES string of the molecule is CC(C)C(=O)Nc1ccc(C(F)(F)F)cc1C(N)=S. The highest BCUT2D eigenvalue weighted by atomic mass is 32.1. The van der Waals surface area contributed by atoms with Crippen LogP contribution >= 0.6 is 12.2 Å². The summed E-state index contributed by atoms with van der Waals surface area (Å²) in [4.78, 5) is 11.3. The molecule has 0 fully saturated rings. The van der Waals surface area contributed by atoms with Crippen molar-refractivity contribution in [2.45, 2.75) is 20.0 Å². The summed E-state index contributed by atoms with van der Waals surface area (Å²) in [6, 6.07) is 2.85. The summed E-state index contributed by atoms with van der Waals surface area (Å²) in [5, 5.41) is 2.50. The molecule has 0 saturated heterocycles. The number of halogens is 3. The number of benzene rings is 1. The molecular formula is C12H13F3N2OS. The summed E-state index contributed by atoms with van der Waals surface area (Å²) in [6.45, 7) is 3.33. The second-order valence-electron chi connectivity index (χ2n) is 4.27. The first-order valence-corrected chi connectivity index (χ1v) is 5.85. The van der Waals surface area contributed by atoms with Crippen molar-refractivity contribution in [1.82, 2.24) is 0 Å². The van der Waals surface area contributed by atoms with Crippen LogP contribution in [0.5, 0.6) is 0 Å². The van der Waals surface area contributed by atoms with Gasteiger partial charge in [0.2, 0.25) is 5.91 Å². The largest absolute Gasteiger partial charge is 0.416 e. The van der Waals surface area contributed by atoms with E-state index >= 15 is 0 Å². The molecule has 3 nitrogen and oxygen atoms in total. The van der Waals surface area contributed by atoms with E-state index in [-0.39, 0.29) is 28.1 Å². The number of nitrogens with one attached hydrogen (secondary N) is 1. The molecular weight excluding hydrogens is 277 g/mol. The van der Waals surface area contributed by atoms with Crippen molar-refractivity contribution in [2.75, 3.05) is 5.32 Å². The highest BCUT2D eigenvalue weighted by Crippen LogP contribution is 2.32. The van der Waals surface area contributed by atoms with Gasteiger partial charge in [-0.25, -0.2) is 0 Å². The molecule has 0 bridgehead atoms. The summed E-state index contributed by atoms with van der Waals surface area (Å²) < 4.78 is 37.7. The van der Waals surface area contributed by atoms with E-state index < -0.39 is 11.7 Å². The predicted molar refractivity (Wildman–Crippen MR) is 70.8 cm³/mol. The third-order valence-corrected chi connectivity index (χ3v) is 2.61. The lowest BCUT2D eigenvalue weighted by Crippen LogP contribution is -2.21. The van der Waals surface area contributed by atoms with Crippen LogP contribution in [0.1, 0.15) is 25.0 Å². The molecule has 0 radical (unpaired) electrons. The van der Waals surface area contributed by atoms with E-state index in [1.165, 1.54) is 0 Å². The Morgan fingerprint density at radius 1 is 1.37 bits per heavy atom. The van der Waals surface area contributed by atoms with Crippen molar-refractivity contribution in [2.24, 2.45) is 11.7 Å². The molecule has 0 aliphatic rings. The van der Waals surface area contributed by atoms with Gasteiger partial charge in [0, 0.05) is 11.5 Å². The number of amides is 1. The van der Waals surface area contributed by atoms with Gasteiger partial charge in [0.05, 0.1) is 11.3 Å². The zero-order chi connectivity index (χ0) is 14.8. The van der Waals surface area contributed by atoms with E-state index in [0.717, 1.165) is 18.2 Å². The van der Waals surface area contributed by atoms with E-state index in [2.05, 4.69) is 5.32 Å². The van der Waals surface area contributed by atoms with Gasteiger partial charge in [-0.3, -0.25) is 4.79 Å². The summed E-state index contributed by atoms with van der Waals surface area (Å²) in [5.74, 6) is -0.626. The minimum Gasteiger partial charge on any atom is -0.389 e. The Labute approximate surface area is 114 Å². The zero-order valence-electron chi connectivity index (χ0n) is 10.3. The first kappa shape index (κ1) is 15.4. The molecule has 3 N–H and O–H groups in total. The van der Waals surface area contributed by atoms with Gasteiger partial charge in [0.25, 0.3) is 0 Å². The smallest absolute Gasteiger partial charge is 0.389 e. The molecule has 0 aliphatic heterocycles. The first-order valence-electron chi connectivity index (χ1n) is 5.45. The average Bonchev–Trinajstić information content (AvgIpc) is 2.27. The third kappa shape index (κ3) is 3.92. The quantitative estimate of drug-likeness (QED) is 0.842. The molecule has 0 aromatic heterocycles. The van der Waals surface area contributed by atoms with Gasteiger partial charge in [0.1, 0.15) is 4.99 Å². The molecule has 1 rings (SSSR count). The number of hydrogen-bond donors (Lipinski definition) is 2. The van der Waals surface area contributed by atoms with Gasteiger partial charge >= 0.3 is 6.18 Å². The number of nitrogens with two attached hydrogens (primary N) is 1. The second-order valence-corrected chi connectivity index (χ2v) is 4.71. The van der Waals surface area contributed by atoms with Crippen molar-refractivity contribution >= 4 is 28.8 Å². The Balaban J connectivity index is 3.20. The van der Waals surface area contributed by atoms with E-state index in [4.69, 9.17) is 18.0 Å². The highest BCUT2D eigenvalue weighted by Gasteiger charge is 2.31. The van der Waals surface area contributed by atoms with Crippen LogP contribution in [0.15, 0.2) is 18.2 Å². The molecule has 0 heterocycles. The van der Waals surface area contributed by atoms with Crippen LogP contribution in [0.25, 0.3) is 0 Å². The Morgan fingerprint density at radius 2 is 1.95 bits per heavy atom. The van der Waals surface area contributed by atoms with Crippen LogP contribution in [0, 0.1) is 5.92 Å². The molecule has 0 saturated carbocycles. The van der Waals surface area contributed by atoms with Crippen LogP contribution in [0.2, 0.25) is 0 Å². The lowest BCUT2D eigenvalue weighted by atomic mass is 10.1. The summed E-state index contributed by atoms with van der Waals surface area (Å²) in [7, 11) is 0. The lowest BCUT2D eigenvalue weighted by molar-refractivity contribution is -0.137. The summed E-state index contributed by atoms with van der Waals surface area (Å²) in [5.41, 5.74) is 4.71. The maximum absolute atomic E-state index is 12.6. The zero-order valence-corrected chi connectivity index (χ0v) is 11.2. The number of alkyl halides is 3. The van der Waals surface area contributed by atoms with Crippen molar-refractivity contribution in [3.8, 4) is 0 Å². The standard InChI is InChI=1S/C12H13F3N2OS/c1-6(2)11(18)17-9-4-3-7(12(13,14)15)5-8(9)10(16)19/h3-6H,1-2H3,(H2,16,19)(H,17,18). The molecule has 0 unspecified atom stereocenters. The molecule has 1 aromatic carbocycles. The third-order valence-electron chi connectivity index (χ3n) is 2.39. The van der Waals surface area contributed by atoms with E-state index in [1.807, 2.05) is 0 Å². The highest BCUT2D eigenvalue weighted by molar-refractivity contribution is 7.80.